The van der Waals surface area contributed by atoms with E-state index in [1.165, 1.54) is 0 Å². The molecule has 2 aliphatic carbocycles. The van der Waals surface area contributed by atoms with Crippen molar-refractivity contribution in [3.63, 3.8) is 0 Å². The molecule has 4 nitrogen and oxygen atoms in total. The molecule has 0 aromatic rings. The van der Waals surface area contributed by atoms with Gasteiger partial charge in [0.1, 0.15) is 0 Å². The predicted octanol–water partition coefficient (Wildman–Crippen LogP) is 1.12. The van der Waals surface area contributed by atoms with Crippen LogP contribution in [0.1, 0.15) is 25.7 Å². The lowest BCUT2D eigenvalue weighted by Crippen LogP contribution is -2.45. The summed E-state index contributed by atoms with van der Waals surface area (Å²) >= 11 is 0. The standard InChI is InChI=1S/C12H20N2O2/c1-14(8-11(15)9-6-7-9)12(16)13-10-4-2-3-5-10/h2-3,9-11,15H,4-8H2,1H3,(H,13,16). The molecule has 0 aliphatic heterocycles. The monoisotopic (exact) mass is 224 g/mol. The number of urea groups is 1. The molecular formula is C12H20N2O2. The van der Waals surface area contributed by atoms with Crippen molar-refractivity contribution in [2.75, 3.05) is 13.6 Å². The molecule has 90 valence electrons. The Morgan fingerprint density at radius 3 is 2.69 bits per heavy atom. The summed E-state index contributed by atoms with van der Waals surface area (Å²) in [6.45, 7) is 0.441. The van der Waals surface area contributed by atoms with Crippen LogP contribution >= 0.6 is 0 Å². The van der Waals surface area contributed by atoms with Crippen molar-refractivity contribution >= 4 is 6.03 Å². The first kappa shape index (κ1) is 11.5. The van der Waals surface area contributed by atoms with E-state index in [1.807, 2.05) is 0 Å². The lowest BCUT2D eigenvalue weighted by atomic mass is 10.2. The highest BCUT2D eigenvalue weighted by Crippen LogP contribution is 2.32. The van der Waals surface area contributed by atoms with Crippen molar-refractivity contribution in [1.82, 2.24) is 10.2 Å². The van der Waals surface area contributed by atoms with Crippen molar-refractivity contribution in [3.8, 4) is 0 Å². The van der Waals surface area contributed by atoms with Gasteiger partial charge in [-0.05, 0) is 31.6 Å². The highest BCUT2D eigenvalue weighted by atomic mass is 16.3. The van der Waals surface area contributed by atoms with Gasteiger partial charge in [0, 0.05) is 19.6 Å². The van der Waals surface area contributed by atoms with E-state index in [0.717, 1.165) is 25.7 Å². The molecule has 1 saturated carbocycles. The molecule has 0 bridgehead atoms. The first-order chi connectivity index (χ1) is 7.66. The van der Waals surface area contributed by atoms with Gasteiger partial charge in [0.2, 0.25) is 0 Å². The zero-order valence-corrected chi connectivity index (χ0v) is 9.72. The van der Waals surface area contributed by atoms with Crippen LogP contribution in [-0.4, -0.2) is 41.8 Å². The number of aliphatic hydroxyl groups is 1. The van der Waals surface area contributed by atoms with Crippen LogP contribution in [0.15, 0.2) is 12.2 Å². The topological polar surface area (TPSA) is 52.6 Å². The van der Waals surface area contributed by atoms with Gasteiger partial charge in [-0.3, -0.25) is 0 Å². The van der Waals surface area contributed by atoms with Crippen molar-refractivity contribution in [1.29, 1.82) is 0 Å². The second-order valence-electron chi connectivity index (χ2n) is 4.87. The van der Waals surface area contributed by atoms with Gasteiger partial charge in [-0.1, -0.05) is 12.2 Å². The van der Waals surface area contributed by atoms with E-state index in [9.17, 15) is 9.90 Å². The van der Waals surface area contributed by atoms with Crippen LogP contribution in [0, 0.1) is 5.92 Å². The quantitative estimate of drug-likeness (QED) is 0.703. The highest BCUT2D eigenvalue weighted by molar-refractivity contribution is 5.74. The SMILES string of the molecule is CN(CC(O)C1CC1)C(=O)NC1CC=CC1. The molecule has 2 amide bonds. The van der Waals surface area contributed by atoms with E-state index in [4.69, 9.17) is 0 Å². The number of nitrogens with zero attached hydrogens (tertiary/aromatic N) is 1. The lowest BCUT2D eigenvalue weighted by Gasteiger charge is -2.23. The Labute approximate surface area is 96.3 Å². The molecule has 0 spiro atoms. The van der Waals surface area contributed by atoms with Gasteiger partial charge in [0.05, 0.1) is 6.10 Å². The number of rotatable bonds is 4. The third-order valence-electron chi connectivity index (χ3n) is 3.31. The zero-order chi connectivity index (χ0) is 11.5. The maximum Gasteiger partial charge on any atom is 0.317 e. The number of nitrogens with one attached hydrogen (secondary N) is 1. The molecule has 2 rings (SSSR count). The summed E-state index contributed by atoms with van der Waals surface area (Å²) < 4.78 is 0. The molecule has 1 atom stereocenters. The summed E-state index contributed by atoms with van der Waals surface area (Å²) in [5, 5.41) is 12.7. The predicted molar refractivity (Wildman–Crippen MR) is 62.1 cm³/mol. The second kappa shape index (κ2) is 4.87. The highest BCUT2D eigenvalue weighted by Gasteiger charge is 2.31. The van der Waals surface area contributed by atoms with E-state index in [0.29, 0.717) is 12.5 Å². The second-order valence-corrected chi connectivity index (χ2v) is 4.87. The Morgan fingerprint density at radius 1 is 1.50 bits per heavy atom. The minimum Gasteiger partial charge on any atom is -0.391 e. The zero-order valence-electron chi connectivity index (χ0n) is 9.72. The normalized spacial score (nSPS) is 22.1. The van der Waals surface area contributed by atoms with Gasteiger partial charge in [-0.2, -0.15) is 0 Å². The molecule has 2 aliphatic rings. The Kier molecular flexibility index (Phi) is 3.49. The molecule has 0 saturated heterocycles. The Hall–Kier alpha value is -1.03. The number of likely N-dealkylation sites (N-methyl/N-ethyl adjacent to an activating group) is 1. The third-order valence-corrected chi connectivity index (χ3v) is 3.31. The molecule has 2 N–H and O–H groups in total. The third kappa shape index (κ3) is 2.98. The van der Waals surface area contributed by atoms with Gasteiger partial charge in [0.25, 0.3) is 0 Å². The molecule has 16 heavy (non-hydrogen) atoms. The largest absolute Gasteiger partial charge is 0.391 e. The molecule has 0 radical (unpaired) electrons. The Morgan fingerprint density at radius 2 is 2.12 bits per heavy atom. The average Bonchev–Trinajstić information content (AvgIpc) is 2.98. The Balaban J connectivity index is 1.70. The van der Waals surface area contributed by atoms with Crippen LogP contribution in [-0.2, 0) is 0 Å². The van der Waals surface area contributed by atoms with Crippen molar-refractivity contribution in [2.24, 2.45) is 5.92 Å². The number of hydrogen-bond donors (Lipinski definition) is 2. The van der Waals surface area contributed by atoms with Gasteiger partial charge in [0.15, 0.2) is 0 Å². The molecule has 0 aromatic heterocycles. The van der Waals surface area contributed by atoms with Crippen molar-refractivity contribution in [2.45, 2.75) is 37.8 Å². The fourth-order valence-corrected chi connectivity index (χ4v) is 2.01. The summed E-state index contributed by atoms with van der Waals surface area (Å²) in [4.78, 5) is 13.3. The molecule has 1 fully saturated rings. The van der Waals surface area contributed by atoms with Gasteiger partial charge in [-0.25, -0.2) is 4.79 Å². The van der Waals surface area contributed by atoms with E-state index in [1.54, 1.807) is 11.9 Å². The summed E-state index contributed by atoms with van der Waals surface area (Å²) in [6.07, 6.45) is 7.87. The summed E-state index contributed by atoms with van der Waals surface area (Å²) in [5.41, 5.74) is 0. The number of carbonyl (C=O) groups is 1. The first-order valence-electron chi connectivity index (χ1n) is 6.01. The minimum atomic E-state index is -0.350. The van der Waals surface area contributed by atoms with Gasteiger partial charge >= 0.3 is 6.03 Å². The van der Waals surface area contributed by atoms with Crippen LogP contribution < -0.4 is 5.32 Å². The number of amides is 2. The van der Waals surface area contributed by atoms with Crippen LogP contribution in [0.2, 0.25) is 0 Å². The van der Waals surface area contributed by atoms with E-state index in [2.05, 4.69) is 17.5 Å². The van der Waals surface area contributed by atoms with Crippen LogP contribution in [0.25, 0.3) is 0 Å². The number of aliphatic hydroxyl groups excluding tert-OH is 1. The molecule has 1 unspecified atom stereocenters. The van der Waals surface area contributed by atoms with E-state index < -0.39 is 0 Å². The molecule has 4 heteroatoms. The summed E-state index contributed by atoms with van der Waals surface area (Å²) in [5.74, 6) is 0.420. The van der Waals surface area contributed by atoms with Crippen molar-refractivity contribution in [3.05, 3.63) is 12.2 Å². The van der Waals surface area contributed by atoms with Crippen LogP contribution in [0.4, 0.5) is 4.79 Å². The van der Waals surface area contributed by atoms with Gasteiger partial charge in [-0.15, -0.1) is 0 Å². The van der Waals surface area contributed by atoms with E-state index in [-0.39, 0.29) is 18.2 Å². The first-order valence-corrected chi connectivity index (χ1v) is 6.01. The smallest absolute Gasteiger partial charge is 0.317 e. The Bertz CT molecular complexity index is 279. The fourth-order valence-electron chi connectivity index (χ4n) is 2.01. The van der Waals surface area contributed by atoms with Crippen molar-refractivity contribution < 1.29 is 9.90 Å². The maximum atomic E-state index is 11.8. The maximum absolute atomic E-state index is 11.8. The minimum absolute atomic E-state index is 0.0756. The molecular weight excluding hydrogens is 204 g/mol. The average molecular weight is 224 g/mol. The van der Waals surface area contributed by atoms with E-state index >= 15 is 0 Å². The number of hydrogen-bond acceptors (Lipinski definition) is 2. The molecule has 0 aromatic carbocycles. The summed E-state index contributed by atoms with van der Waals surface area (Å²) in [6, 6.07) is 0.168. The lowest BCUT2D eigenvalue weighted by molar-refractivity contribution is 0.112. The van der Waals surface area contributed by atoms with Crippen LogP contribution in [0.3, 0.4) is 0 Å². The fraction of sp³-hybridized carbons (Fsp3) is 0.750. The number of carbonyl (C=O) groups excluding carboxylic acids is 1. The van der Waals surface area contributed by atoms with Crippen LogP contribution in [0.5, 0.6) is 0 Å². The summed E-state index contributed by atoms with van der Waals surface area (Å²) in [7, 11) is 1.74. The van der Waals surface area contributed by atoms with Gasteiger partial charge < -0.3 is 15.3 Å². The molecule has 0 heterocycles.